The first-order valence-corrected chi connectivity index (χ1v) is 7.25. The Labute approximate surface area is 117 Å². The Morgan fingerprint density at radius 3 is 2.74 bits per heavy atom. The van der Waals surface area contributed by atoms with Crippen molar-refractivity contribution >= 4 is 5.69 Å². The van der Waals surface area contributed by atoms with Crippen LogP contribution < -0.4 is 5.32 Å². The average Bonchev–Trinajstić information content (AvgIpc) is 2.43. The molecular formula is C17H24N2. The highest BCUT2D eigenvalue weighted by Crippen LogP contribution is 2.24. The fourth-order valence-corrected chi connectivity index (χ4v) is 2.80. The summed E-state index contributed by atoms with van der Waals surface area (Å²) in [5, 5.41) is 3.75. The first-order chi connectivity index (χ1) is 9.24. The van der Waals surface area contributed by atoms with Crippen molar-refractivity contribution in [2.75, 3.05) is 25.0 Å². The summed E-state index contributed by atoms with van der Waals surface area (Å²) in [4.78, 5) is 2.36. The number of hydrogen-bond donors (Lipinski definition) is 1. The normalized spacial score (nSPS) is 17.1. The molecule has 0 aromatic heterocycles. The Hall–Kier alpha value is -1.46. The van der Waals surface area contributed by atoms with Gasteiger partial charge < -0.3 is 5.32 Å². The zero-order valence-electron chi connectivity index (χ0n) is 12.1. The van der Waals surface area contributed by atoms with Gasteiger partial charge in [-0.25, -0.2) is 0 Å². The van der Waals surface area contributed by atoms with E-state index >= 15 is 0 Å². The van der Waals surface area contributed by atoms with Gasteiger partial charge in [0.15, 0.2) is 0 Å². The number of benzene rings is 1. The van der Waals surface area contributed by atoms with Crippen LogP contribution in [0.5, 0.6) is 0 Å². The van der Waals surface area contributed by atoms with E-state index in [-0.39, 0.29) is 0 Å². The number of likely N-dealkylation sites (tertiary alicyclic amines) is 1. The number of para-hydroxylation sites is 1. The van der Waals surface area contributed by atoms with E-state index in [4.69, 9.17) is 6.42 Å². The maximum atomic E-state index is 5.37. The van der Waals surface area contributed by atoms with E-state index in [1.807, 2.05) is 0 Å². The highest BCUT2D eigenvalue weighted by atomic mass is 15.1. The molecule has 1 aromatic rings. The van der Waals surface area contributed by atoms with Crippen LogP contribution in [0.4, 0.5) is 5.69 Å². The summed E-state index contributed by atoms with van der Waals surface area (Å²) in [5.41, 5.74) is 4.12. The average molecular weight is 256 g/mol. The lowest BCUT2D eigenvalue weighted by atomic mass is 10.0. The van der Waals surface area contributed by atoms with Gasteiger partial charge in [-0.3, -0.25) is 4.90 Å². The minimum atomic E-state index is 0.584. The Kier molecular flexibility index (Phi) is 4.87. The fourth-order valence-electron chi connectivity index (χ4n) is 2.80. The molecule has 1 N–H and O–H groups in total. The lowest BCUT2D eigenvalue weighted by molar-refractivity contribution is 0.243. The molecule has 0 radical (unpaired) electrons. The van der Waals surface area contributed by atoms with Gasteiger partial charge in [-0.15, -0.1) is 6.42 Å². The third-order valence-corrected chi connectivity index (χ3v) is 3.99. The van der Waals surface area contributed by atoms with Crippen LogP contribution in [0.3, 0.4) is 0 Å². The molecule has 1 aromatic carbocycles. The van der Waals surface area contributed by atoms with E-state index in [9.17, 15) is 0 Å². The molecule has 2 rings (SSSR count). The predicted molar refractivity (Wildman–Crippen MR) is 82.5 cm³/mol. The summed E-state index contributed by atoms with van der Waals surface area (Å²) in [6.07, 6.45) is 8.81. The summed E-state index contributed by atoms with van der Waals surface area (Å²) in [6, 6.07) is 7.15. The van der Waals surface area contributed by atoms with Crippen molar-refractivity contribution in [3.05, 3.63) is 29.3 Å². The molecule has 0 unspecified atom stereocenters. The molecular weight excluding hydrogens is 232 g/mol. The number of aryl methyl sites for hydroxylation is 2. The van der Waals surface area contributed by atoms with E-state index in [1.165, 1.54) is 29.7 Å². The summed E-state index contributed by atoms with van der Waals surface area (Å²) in [6.45, 7) is 7.41. The Morgan fingerprint density at radius 1 is 1.37 bits per heavy atom. The summed E-state index contributed by atoms with van der Waals surface area (Å²) >= 11 is 0. The number of nitrogens with one attached hydrogen (secondary N) is 1. The quantitative estimate of drug-likeness (QED) is 0.833. The number of piperidine rings is 1. The standard InChI is InChI=1S/C17H24N2/c1-4-11-19-12-9-16(10-13-19)18-17-14(3)7-6-8-15(17)5-2/h1,6-8,16,18H,5,9-13H2,2-3H3. The number of rotatable bonds is 4. The maximum absolute atomic E-state index is 5.37. The molecule has 0 aliphatic carbocycles. The minimum absolute atomic E-state index is 0.584. The number of terminal acetylenes is 1. The second kappa shape index (κ2) is 6.63. The van der Waals surface area contributed by atoms with Crippen LogP contribution in [-0.2, 0) is 6.42 Å². The molecule has 19 heavy (non-hydrogen) atoms. The van der Waals surface area contributed by atoms with Gasteiger partial charge >= 0.3 is 0 Å². The predicted octanol–water partition coefficient (Wildman–Crippen LogP) is 3.07. The minimum Gasteiger partial charge on any atom is -0.382 e. The molecule has 0 amide bonds. The molecule has 2 nitrogen and oxygen atoms in total. The molecule has 2 heteroatoms. The van der Waals surface area contributed by atoms with E-state index in [2.05, 4.69) is 48.2 Å². The molecule has 1 heterocycles. The Bertz CT molecular complexity index is 451. The molecule has 0 saturated carbocycles. The van der Waals surface area contributed by atoms with Crippen molar-refractivity contribution in [1.82, 2.24) is 4.90 Å². The van der Waals surface area contributed by atoms with E-state index in [1.54, 1.807) is 0 Å². The van der Waals surface area contributed by atoms with Crippen molar-refractivity contribution in [1.29, 1.82) is 0 Å². The molecule has 0 spiro atoms. The van der Waals surface area contributed by atoms with Gasteiger partial charge in [0.1, 0.15) is 0 Å². The molecule has 0 bridgehead atoms. The molecule has 1 aliphatic rings. The first kappa shape index (κ1) is 14.0. The van der Waals surface area contributed by atoms with E-state index in [0.717, 1.165) is 26.1 Å². The first-order valence-electron chi connectivity index (χ1n) is 7.25. The van der Waals surface area contributed by atoms with Crippen molar-refractivity contribution in [2.24, 2.45) is 0 Å². The van der Waals surface area contributed by atoms with Crippen LogP contribution in [0, 0.1) is 19.3 Å². The zero-order valence-corrected chi connectivity index (χ0v) is 12.1. The lowest BCUT2D eigenvalue weighted by Crippen LogP contribution is -2.39. The lowest BCUT2D eigenvalue weighted by Gasteiger charge is -2.32. The van der Waals surface area contributed by atoms with Crippen LogP contribution in [0.25, 0.3) is 0 Å². The topological polar surface area (TPSA) is 15.3 Å². The van der Waals surface area contributed by atoms with Gasteiger partial charge in [0.2, 0.25) is 0 Å². The van der Waals surface area contributed by atoms with Crippen LogP contribution in [0.15, 0.2) is 18.2 Å². The smallest absolute Gasteiger partial charge is 0.0598 e. The third-order valence-electron chi connectivity index (χ3n) is 3.99. The van der Waals surface area contributed by atoms with E-state index in [0.29, 0.717) is 6.04 Å². The molecule has 1 fully saturated rings. The molecule has 102 valence electrons. The molecule has 0 atom stereocenters. The summed E-state index contributed by atoms with van der Waals surface area (Å²) in [5.74, 6) is 2.73. The van der Waals surface area contributed by atoms with Crippen LogP contribution >= 0.6 is 0 Å². The second-order valence-corrected chi connectivity index (χ2v) is 5.36. The van der Waals surface area contributed by atoms with Crippen LogP contribution in [0.1, 0.15) is 30.9 Å². The van der Waals surface area contributed by atoms with Crippen molar-refractivity contribution in [3.8, 4) is 12.3 Å². The van der Waals surface area contributed by atoms with Crippen molar-refractivity contribution in [2.45, 2.75) is 39.2 Å². The summed E-state index contributed by atoms with van der Waals surface area (Å²) in [7, 11) is 0. The largest absolute Gasteiger partial charge is 0.382 e. The van der Waals surface area contributed by atoms with Gasteiger partial charge in [0.25, 0.3) is 0 Å². The third kappa shape index (κ3) is 3.52. The molecule has 1 saturated heterocycles. The van der Waals surface area contributed by atoms with Gasteiger partial charge in [0, 0.05) is 24.8 Å². The highest BCUT2D eigenvalue weighted by Gasteiger charge is 2.19. The number of nitrogens with zero attached hydrogens (tertiary/aromatic N) is 1. The number of hydrogen-bond acceptors (Lipinski definition) is 2. The highest BCUT2D eigenvalue weighted by molar-refractivity contribution is 5.57. The SMILES string of the molecule is C#CCN1CCC(Nc2c(C)cccc2CC)CC1. The second-order valence-electron chi connectivity index (χ2n) is 5.36. The van der Waals surface area contributed by atoms with Gasteiger partial charge in [0.05, 0.1) is 6.54 Å². The van der Waals surface area contributed by atoms with Crippen LogP contribution in [-0.4, -0.2) is 30.6 Å². The van der Waals surface area contributed by atoms with Gasteiger partial charge in [-0.2, -0.15) is 0 Å². The van der Waals surface area contributed by atoms with Crippen molar-refractivity contribution in [3.63, 3.8) is 0 Å². The Balaban J connectivity index is 1.98. The Morgan fingerprint density at radius 2 is 2.11 bits per heavy atom. The molecule has 1 aliphatic heterocycles. The fraction of sp³-hybridized carbons (Fsp3) is 0.529. The monoisotopic (exact) mass is 256 g/mol. The van der Waals surface area contributed by atoms with Crippen LogP contribution in [0.2, 0.25) is 0 Å². The van der Waals surface area contributed by atoms with Crippen molar-refractivity contribution < 1.29 is 0 Å². The van der Waals surface area contributed by atoms with Gasteiger partial charge in [-0.1, -0.05) is 31.0 Å². The maximum Gasteiger partial charge on any atom is 0.0598 e. The van der Waals surface area contributed by atoms with Gasteiger partial charge in [-0.05, 0) is 37.3 Å². The van der Waals surface area contributed by atoms with E-state index < -0.39 is 0 Å². The zero-order chi connectivity index (χ0) is 13.7. The number of anilines is 1. The summed E-state index contributed by atoms with van der Waals surface area (Å²) < 4.78 is 0.